The van der Waals surface area contributed by atoms with Crippen LogP contribution in [-0.4, -0.2) is 35.5 Å². The summed E-state index contributed by atoms with van der Waals surface area (Å²) in [5.74, 6) is 3.94. The molecular weight excluding hydrogens is 172 g/mol. The summed E-state index contributed by atoms with van der Waals surface area (Å²) in [5.41, 5.74) is 0. The highest BCUT2D eigenvalue weighted by molar-refractivity contribution is 5.88. The van der Waals surface area contributed by atoms with E-state index in [4.69, 9.17) is 5.11 Å². The zero-order valence-corrected chi connectivity index (χ0v) is 7.78. The molecule has 0 rings (SSSR count). The minimum absolute atomic E-state index is 0.0735. The van der Waals surface area contributed by atoms with Crippen LogP contribution in [0.15, 0.2) is 0 Å². The minimum atomic E-state index is -0.901. The molecule has 0 radical (unpaired) electrons. The summed E-state index contributed by atoms with van der Waals surface area (Å²) in [7, 11) is 1.23. The van der Waals surface area contributed by atoms with Crippen molar-refractivity contribution in [2.45, 2.75) is 32.0 Å². The molecule has 0 aromatic carbocycles. The Hall–Kier alpha value is -1.05. The number of carbonyl (C=O) groups is 1. The monoisotopic (exact) mass is 186 g/mol. The van der Waals surface area contributed by atoms with Gasteiger partial charge in [0.25, 0.3) is 0 Å². The van der Waals surface area contributed by atoms with Gasteiger partial charge in [0.2, 0.25) is 0 Å². The summed E-state index contributed by atoms with van der Waals surface area (Å²) in [6.45, 7) is 1.75. The zero-order chi connectivity index (χ0) is 10.3. The summed E-state index contributed by atoms with van der Waals surface area (Å²) in [5, 5.41) is 18.3. The lowest BCUT2D eigenvalue weighted by atomic mass is 10.1. The summed E-state index contributed by atoms with van der Waals surface area (Å²) in [4.78, 5) is 10.5. The van der Waals surface area contributed by atoms with Crippen LogP contribution >= 0.6 is 0 Å². The average molecular weight is 186 g/mol. The Balaban J connectivity index is 3.85. The van der Waals surface area contributed by atoms with E-state index in [-0.39, 0.29) is 6.42 Å². The number of hydrogen-bond acceptors (Lipinski definition) is 4. The maximum atomic E-state index is 10.5. The molecule has 0 amide bonds. The number of rotatable bonds is 3. The van der Waals surface area contributed by atoms with Gasteiger partial charge >= 0.3 is 5.97 Å². The highest BCUT2D eigenvalue weighted by atomic mass is 16.5. The fourth-order valence-corrected chi connectivity index (χ4v) is 0.687. The summed E-state index contributed by atoms with van der Waals surface area (Å²) < 4.78 is 4.26. The molecule has 0 aromatic heterocycles. The van der Waals surface area contributed by atoms with Gasteiger partial charge in [-0.2, -0.15) is 0 Å². The van der Waals surface area contributed by atoms with E-state index >= 15 is 0 Å². The van der Waals surface area contributed by atoms with E-state index in [1.54, 1.807) is 6.92 Å². The lowest BCUT2D eigenvalue weighted by Gasteiger charge is -2.12. The Morgan fingerprint density at radius 2 is 2.08 bits per heavy atom. The molecule has 0 fully saturated rings. The van der Waals surface area contributed by atoms with E-state index in [1.807, 2.05) is 0 Å². The molecule has 0 aliphatic carbocycles. The number of hydrogen-bond donors (Lipinski definition) is 2. The van der Waals surface area contributed by atoms with E-state index in [0.717, 1.165) is 0 Å². The molecule has 74 valence electrons. The molecule has 13 heavy (non-hydrogen) atoms. The van der Waals surface area contributed by atoms with Gasteiger partial charge < -0.3 is 14.9 Å². The standard InChI is InChI=1S/C9H14O4/c1-3-7(10)8(11)5-4-6-9(12)13-2/h7-8,10-11H,3,5H2,1-2H3/t7-,8-/m0/s1. The number of methoxy groups -OCH3 is 1. The molecule has 0 saturated heterocycles. The second kappa shape index (κ2) is 6.46. The van der Waals surface area contributed by atoms with Crippen molar-refractivity contribution in [1.82, 2.24) is 0 Å². The molecule has 2 N–H and O–H groups in total. The molecule has 0 aromatic rings. The van der Waals surface area contributed by atoms with Crippen molar-refractivity contribution >= 4 is 5.97 Å². The number of carbonyl (C=O) groups excluding carboxylic acids is 1. The second-order valence-electron chi connectivity index (χ2n) is 2.54. The van der Waals surface area contributed by atoms with Crippen LogP contribution in [0.5, 0.6) is 0 Å². The summed E-state index contributed by atoms with van der Waals surface area (Å²) >= 11 is 0. The van der Waals surface area contributed by atoms with Gasteiger partial charge in [0.15, 0.2) is 0 Å². The summed E-state index contributed by atoms with van der Waals surface area (Å²) in [6.07, 6.45) is -1.15. The topological polar surface area (TPSA) is 66.8 Å². The molecule has 2 atom stereocenters. The van der Waals surface area contributed by atoms with Crippen molar-refractivity contribution in [3.05, 3.63) is 0 Å². The first-order valence-corrected chi connectivity index (χ1v) is 4.04. The molecular formula is C9H14O4. The predicted octanol–water partition coefficient (Wildman–Crippen LogP) is -0.315. The van der Waals surface area contributed by atoms with Gasteiger partial charge in [-0.25, -0.2) is 4.79 Å². The van der Waals surface area contributed by atoms with Crippen LogP contribution < -0.4 is 0 Å². The van der Waals surface area contributed by atoms with Gasteiger partial charge in [-0.3, -0.25) is 0 Å². The average Bonchev–Trinajstić information content (AvgIpc) is 2.15. The third-order valence-corrected chi connectivity index (χ3v) is 1.55. The Labute approximate surface area is 77.5 Å². The maximum absolute atomic E-state index is 10.5. The lowest BCUT2D eigenvalue weighted by Crippen LogP contribution is -2.24. The Morgan fingerprint density at radius 1 is 1.46 bits per heavy atom. The van der Waals surface area contributed by atoms with Gasteiger partial charge in [-0.1, -0.05) is 12.8 Å². The number of esters is 1. The maximum Gasteiger partial charge on any atom is 0.384 e. The quantitative estimate of drug-likeness (QED) is 0.360. The van der Waals surface area contributed by atoms with Gasteiger partial charge in [0.1, 0.15) is 0 Å². The number of aliphatic hydroxyl groups excluding tert-OH is 2. The largest absolute Gasteiger partial charge is 0.459 e. The van der Waals surface area contributed by atoms with E-state index in [0.29, 0.717) is 6.42 Å². The van der Waals surface area contributed by atoms with Crippen molar-refractivity contribution in [2.75, 3.05) is 7.11 Å². The van der Waals surface area contributed by atoms with Gasteiger partial charge in [0, 0.05) is 12.3 Å². The van der Waals surface area contributed by atoms with E-state index in [1.165, 1.54) is 7.11 Å². The van der Waals surface area contributed by atoms with Crippen LogP contribution in [0.2, 0.25) is 0 Å². The highest BCUT2D eigenvalue weighted by Gasteiger charge is 2.11. The molecule has 0 spiro atoms. The van der Waals surface area contributed by atoms with Crippen molar-refractivity contribution in [2.24, 2.45) is 0 Å². The van der Waals surface area contributed by atoms with Gasteiger partial charge in [-0.15, -0.1) is 0 Å². The Morgan fingerprint density at radius 3 is 2.54 bits per heavy atom. The smallest absolute Gasteiger partial charge is 0.384 e. The normalized spacial score (nSPS) is 13.8. The highest BCUT2D eigenvalue weighted by Crippen LogP contribution is 2.01. The van der Waals surface area contributed by atoms with Crippen LogP contribution in [0.3, 0.4) is 0 Å². The first-order chi connectivity index (χ1) is 6.11. The predicted molar refractivity (Wildman–Crippen MR) is 46.7 cm³/mol. The third kappa shape index (κ3) is 5.23. The molecule has 0 heterocycles. The molecule has 0 aliphatic heterocycles. The molecule has 4 heteroatoms. The number of ether oxygens (including phenoxy) is 1. The Kier molecular flexibility index (Phi) is 5.94. The van der Waals surface area contributed by atoms with Gasteiger partial charge in [0.05, 0.1) is 19.3 Å². The zero-order valence-electron chi connectivity index (χ0n) is 7.78. The molecule has 0 unspecified atom stereocenters. The first kappa shape index (κ1) is 11.9. The van der Waals surface area contributed by atoms with E-state index < -0.39 is 18.2 Å². The molecule has 0 aliphatic rings. The molecule has 0 bridgehead atoms. The van der Waals surface area contributed by atoms with Gasteiger partial charge in [-0.05, 0) is 6.42 Å². The van der Waals surface area contributed by atoms with E-state index in [9.17, 15) is 9.90 Å². The fraction of sp³-hybridized carbons (Fsp3) is 0.667. The van der Waals surface area contributed by atoms with Crippen LogP contribution in [0.4, 0.5) is 0 Å². The van der Waals surface area contributed by atoms with Crippen molar-refractivity contribution < 1.29 is 19.7 Å². The second-order valence-corrected chi connectivity index (χ2v) is 2.54. The molecule has 0 saturated carbocycles. The third-order valence-electron chi connectivity index (χ3n) is 1.55. The lowest BCUT2D eigenvalue weighted by molar-refractivity contribution is -0.133. The number of aliphatic hydroxyl groups is 2. The van der Waals surface area contributed by atoms with Crippen LogP contribution in [-0.2, 0) is 9.53 Å². The SMILES string of the molecule is CC[C@H](O)[C@@H](O)CC#CC(=O)OC. The fourth-order valence-electron chi connectivity index (χ4n) is 0.687. The molecule has 4 nitrogen and oxygen atoms in total. The van der Waals surface area contributed by atoms with Crippen molar-refractivity contribution in [1.29, 1.82) is 0 Å². The summed E-state index contributed by atoms with van der Waals surface area (Å²) in [6, 6.07) is 0. The van der Waals surface area contributed by atoms with Crippen LogP contribution in [0.1, 0.15) is 19.8 Å². The van der Waals surface area contributed by atoms with E-state index in [2.05, 4.69) is 16.6 Å². The van der Waals surface area contributed by atoms with Crippen molar-refractivity contribution in [3.63, 3.8) is 0 Å². The Bertz CT molecular complexity index is 213. The minimum Gasteiger partial charge on any atom is -0.459 e. The van der Waals surface area contributed by atoms with Crippen LogP contribution in [0, 0.1) is 11.8 Å². The van der Waals surface area contributed by atoms with Crippen molar-refractivity contribution in [3.8, 4) is 11.8 Å². The van der Waals surface area contributed by atoms with Crippen LogP contribution in [0.25, 0.3) is 0 Å². The first-order valence-electron chi connectivity index (χ1n) is 4.04.